The Morgan fingerprint density at radius 3 is 3.20 bits per heavy atom. The number of hydrogen-bond acceptors (Lipinski definition) is 5. The lowest BCUT2D eigenvalue weighted by Crippen LogP contribution is -2.33. The summed E-state index contributed by atoms with van der Waals surface area (Å²) in [5.74, 6) is 0.240. The molecule has 15 heavy (non-hydrogen) atoms. The minimum absolute atomic E-state index is 0.240. The van der Waals surface area contributed by atoms with Crippen LogP contribution in [0, 0.1) is 11.5 Å². The van der Waals surface area contributed by atoms with E-state index in [0.717, 1.165) is 4.88 Å². The van der Waals surface area contributed by atoms with E-state index in [0.29, 0.717) is 11.0 Å². The maximum atomic E-state index is 8.40. The molecule has 1 aromatic rings. The van der Waals surface area contributed by atoms with Gasteiger partial charge in [-0.05, 0) is 0 Å². The zero-order valence-corrected chi connectivity index (χ0v) is 9.39. The van der Waals surface area contributed by atoms with Crippen molar-refractivity contribution in [1.82, 2.24) is 15.8 Å². The smallest absolute Gasteiger partial charge is 0.229 e. The average Bonchev–Trinajstić information content (AvgIpc) is 2.61. The van der Waals surface area contributed by atoms with Crippen LogP contribution in [0.1, 0.15) is 4.88 Å². The molecule has 80 valence electrons. The SMILES string of the molecule is CONC(=NCc1cnc(Cl)s1)NC#N. The van der Waals surface area contributed by atoms with Crippen LogP contribution >= 0.6 is 22.9 Å². The monoisotopic (exact) mass is 245 g/mol. The van der Waals surface area contributed by atoms with E-state index in [2.05, 4.69) is 25.6 Å². The van der Waals surface area contributed by atoms with E-state index in [9.17, 15) is 0 Å². The summed E-state index contributed by atoms with van der Waals surface area (Å²) in [6, 6.07) is 0. The molecule has 8 heteroatoms. The Morgan fingerprint density at radius 2 is 2.67 bits per heavy atom. The second-order valence-electron chi connectivity index (χ2n) is 2.29. The van der Waals surface area contributed by atoms with Crippen LogP contribution in [0.4, 0.5) is 0 Å². The van der Waals surface area contributed by atoms with Crippen molar-refractivity contribution < 1.29 is 4.84 Å². The molecule has 6 nitrogen and oxygen atoms in total. The van der Waals surface area contributed by atoms with Crippen molar-refractivity contribution in [2.24, 2.45) is 4.99 Å². The van der Waals surface area contributed by atoms with Crippen LogP contribution < -0.4 is 10.8 Å². The van der Waals surface area contributed by atoms with Crippen LogP contribution in [0.25, 0.3) is 0 Å². The second kappa shape index (κ2) is 6.19. The highest BCUT2D eigenvalue weighted by atomic mass is 35.5. The van der Waals surface area contributed by atoms with Crippen LogP contribution in [0.5, 0.6) is 0 Å². The minimum atomic E-state index is 0.240. The highest BCUT2D eigenvalue weighted by molar-refractivity contribution is 7.15. The number of hydrogen-bond donors (Lipinski definition) is 2. The summed E-state index contributed by atoms with van der Waals surface area (Å²) in [4.78, 5) is 13.4. The third kappa shape index (κ3) is 4.12. The zero-order chi connectivity index (χ0) is 11.1. The lowest BCUT2D eigenvalue weighted by atomic mass is 10.5. The Bertz CT molecular complexity index is 385. The molecule has 0 aliphatic heterocycles. The van der Waals surface area contributed by atoms with Crippen molar-refractivity contribution in [2.45, 2.75) is 6.54 Å². The minimum Gasteiger partial charge on any atom is -0.277 e. The van der Waals surface area contributed by atoms with Gasteiger partial charge in [-0.25, -0.2) is 15.5 Å². The molecule has 0 aliphatic carbocycles. The Balaban J connectivity index is 2.57. The molecule has 1 rings (SSSR count). The number of halogens is 1. The summed E-state index contributed by atoms with van der Waals surface area (Å²) >= 11 is 6.98. The summed E-state index contributed by atoms with van der Waals surface area (Å²) in [6.45, 7) is 0.380. The lowest BCUT2D eigenvalue weighted by molar-refractivity contribution is 0.142. The molecule has 1 aromatic heterocycles. The molecular formula is C7H8ClN5OS. The summed E-state index contributed by atoms with van der Waals surface area (Å²) in [5.41, 5.74) is 2.43. The van der Waals surface area contributed by atoms with Gasteiger partial charge in [-0.2, -0.15) is 5.26 Å². The molecule has 0 bridgehead atoms. The number of rotatable bonds is 3. The zero-order valence-electron chi connectivity index (χ0n) is 7.82. The predicted molar refractivity (Wildman–Crippen MR) is 57.2 cm³/mol. The van der Waals surface area contributed by atoms with Gasteiger partial charge in [0.05, 0.1) is 13.7 Å². The van der Waals surface area contributed by atoms with E-state index < -0.39 is 0 Å². The molecule has 0 aliphatic rings. The molecule has 0 unspecified atom stereocenters. The Hall–Kier alpha value is -1.36. The molecule has 0 radical (unpaired) electrons. The third-order valence-electron chi connectivity index (χ3n) is 1.29. The van der Waals surface area contributed by atoms with E-state index in [-0.39, 0.29) is 5.96 Å². The fourth-order valence-electron chi connectivity index (χ4n) is 0.761. The molecule has 0 aromatic carbocycles. The summed E-state index contributed by atoms with van der Waals surface area (Å²) in [5, 5.41) is 10.7. The second-order valence-corrected chi connectivity index (χ2v) is 3.98. The summed E-state index contributed by atoms with van der Waals surface area (Å²) in [7, 11) is 1.43. The number of aromatic nitrogens is 1. The number of hydroxylamine groups is 1. The first-order valence-electron chi connectivity index (χ1n) is 3.85. The fourth-order valence-corrected chi connectivity index (χ4v) is 1.66. The molecule has 0 spiro atoms. The Kier molecular flexibility index (Phi) is 4.83. The molecule has 0 saturated heterocycles. The number of nitrogens with zero attached hydrogens (tertiary/aromatic N) is 3. The molecule has 0 amide bonds. The first-order chi connectivity index (χ1) is 7.26. The predicted octanol–water partition coefficient (Wildman–Crippen LogP) is 0.874. The highest BCUT2D eigenvalue weighted by Gasteiger charge is 2.00. The van der Waals surface area contributed by atoms with Gasteiger partial charge in [0, 0.05) is 11.1 Å². The topological polar surface area (TPSA) is 82.3 Å². The normalized spacial score (nSPS) is 10.9. The van der Waals surface area contributed by atoms with Gasteiger partial charge in [0.2, 0.25) is 5.96 Å². The summed E-state index contributed by atoms with van der Waals surface area (Å²) in [6.07, 6.45) is 3.36. The molecule has 0 atom stereocenters. The number of aliphatic imine (C=N–C) groups is 1. The van der Waals surface area contributed by atoms with Gasteiger partial charge >= 0.3 is 0 Å². The number of nitriles is 1. The quantitative estimate of drug-likeness (QED) is 0.272. The highest BCUT2D eigenvalue weighted by Crippen LogP contribution is 2.18. The van der Waals surface area contributed by atoms with Gasteiger partial charge in [0.15, 0.2) is 10.7 Å². The van der Waals surface area contributed by atoms with Crippen molar-refractivity contribution in [2.75, 3.05) is 7.11 Å². The first-order valence-corrected chi connectivity index (χ1v) is 5.04. The molecule has 0 saturated carbocycles. The Labute approximate surface area is 95.5 Å². The maximum absolute atomic E-state index is 8.40. The standard InChI is InChI=1S/C7H8ClN5OS/c1-14-13-7(12-4-9)11-3-5-2-10-6(8)15-5/h2H,3H2,1H3,(H2,11,12,13). The van der Waals surface area contributed by atoms with Gasteiger partial charge < -0.3 is 0 Å². The van der Waals surface area contributed by atoms with Crippen molar-refractivity contribution in [1.29, 1.82) is 5.26 Å². The van der Waals surface area contributed by atoms with Crippen molar-refractivity contribution >= 4 is 28.9 Å². The van der Waals surface area contributed by atoms with E-state index >= 15 is 0 Å². The van der Waals surface area contributed by atoms with Gasteiger partial charge in [-0.1, -0.05) is 11.6 Å². The van der Waals surface area contributed by atoms with Crippen LogP contribution in [0.3, 0.4) is 0 Å². The van der Waals surface area contributed by atoms with E-state index in [4.69, 9.17) is 16.9 Å². The number of guanidine groups is 1. The molecule has 2 N–H and O–H groups in total. The van der Waals surface area contributed by atoms with Crippen LogP contribution in [-0.4, -0.2) is 18.1 Å². The Morgan fingerprint density at radius 1 is 1.87 bits per heavy atom. The van der Waals surface area contributed by atoms with Crippen molar-refractivity contribution in [3.8, 4) is 6.19 Å². The van der Waals surface area contributed by atoms with Gasteiger partial charge in [0.1, 0.15) is 0 Å². The molecule has 1 heterocycles. The van der Waals surface area contributed by atoms with E-state index in [1.165, 1.54) is 18.4 Å². The third-order valence-corrected chi connectivity index (χ3v) is 2.39. The van der Waals surface area contributed by atoms with Gasteiger partial charge in [-0.3, -0.25) is 10.2 Å². The largest absolute Gasteiger partial charge is 0.277 e. The number of thiazole rings is 1. The number of nitrogens with one attached hydrogen (secondary N) is 2. The maximum Gasteiger partial charge on any atom is 0.229 e. The first kappa shape index (κ1) is 11.7. The van der Waals surface area contributed by atoms with Crippen LogP contribution in [-0.2, 0) is 11.4 Å². The van der Waals surface area contributed by atoms with Crippen LogP contribution in [0.15, 0.2) is 11.2 Å². The van der Waals surface area contributed by atoms with E-state index in [1.807, 2.05) is 0 Å². The van der Waals surface area contributed by atoms with Crippen LogP contribution in [0.2, 0.25) is 4.47 Å². The molecular weight excluding hydrogens is 238 g/mol. The van der Waals surface area contributed by atoms with Gasteiger partial charge in [0.25, 0.3) is 0 Å². The average molecular weight is 246 g/mol. The van der Waals surface area contributed by atoms with Gasteiger partial charge in [-0.15, -0.1) is 11.3 Å². The fraction of sp³-hybridized carbons (Fsp3) is 0.286. The lowest BCUT2D eigenvalue weighted by Gasteiger charge is -2.03. The molecule has 0 fully saturated rings. The van der Waals surface area contributed by atoms with Crippen molar-refractivity contribution in [3.05, 3.63) is 15.5 Å². The van der Waals surface area contributed by atoms with Crippen molar-refractivity contribution in [3.63, 3.8) is 0 Å². The van der Waals surface area contributed by atoms with E-state index in [1.54, 1.807) is 12.4 Å². The summed E-state index contributed by atoms with van der Waals surface area (Å²) < 4.78 is 0.467.